The Morgan fingerprint density at radius 2 is 2.00 bits per heavy atom. The topological polar surface area (TPSA) is 90.0 Å². The minimum atomic E-state index is -3.64. The van der Waals surface area contributed by atoms with E-state index in [1.807, 2.05) is 13.8 Å². The summed E-state index contributed by atoms with van der Waals surface area (Å²) in [5.74, 6) is 0.965. The van der Waals surface area contributed by atoms with E-state index < -0.39 is 10.0 Å². The number of aromatic nitrogens is 3. The van der Waals surface area contributed by atoms with Gasteiger partial charge in [-0.15, -0.1) is 0 Å². The molecule has 2 heterocycles. The van der Waals surface area contributed by atoms with Gasteiger partial charge in [-0.25, -0.2) is 13.1 Å². The molecule has 0 aliphatic rings. The summed E-state index contributed by atoms with van der Waals surface area (Å²) in [5.41, 5.74) is 1.31. The molecule has 0 unspecified atom stereocenters. The lowest BCUT2D eigenvalue weighted by Crippen LogP contribution is -2.23. The van der Waals surface area contributed by atoms with E-state index in [1.165, 1.54) is 0 Å². The second kappa shape index (κ2) is 6.84. The molecular formula is C15H24N4O3S. The number of hydrogen-bond donors (Lipinski definition) is 1. The van der Waals surface area contributed by atoms with Crippen molar-refractivity contribution in [2.75, 3.05) is 0 Å². The van der Waals surface area contributed by atoms with Crippen molar-refractivity contribution in [1.29, 1.82) is 0 Å². The van der Waals surface area contributed by atoms with E-state index >= 15 is 0 Å². The summed E-state index contributed by atoms with van der Waals surface area (Å²) in [4.78, 5) is 0.188. The second-order valence-electron chi connectivity index (χ2n) is 6.36. The van der Waals surface area contributed by atoms with Crippen LogP contribution >= 0.6 is 0 Å². The largest absolute Gasteiger partial charge is 0.360 e. The molecular weight excluding hydrogens is 316 g/mol. The van der Waals surface area contributed by atoms with Gasteiger partial charge >= 0.3 is 0 Å². The fraction of sp³-hybridized carbons (Fsp3) is 0.600. The molecule has 8 heteroatoms. The standard InChI is InChI=1S/C15H24N4O3S/c1-10(2)6-13-7-14(22-18-13)8-16-23(20,21)15-9-19(11(3)4)17-12(15)5/h7,9-11,16H,6,8H2,1-5H3. The molecule has 128 valence electrons. The van der Waals surface area contributed by atoms with Gasteiger partial charge in [0.25, 0.3) is 0 Å². The highest BCUT2D eigenvalue weighted by Gasteiger charge is 2.21. The molecule has 23 heavy (non-hydrogen) atoms. The minimum Gasteiger partial charge on any atom is -0.360 e. The van der Waals surface area contributed by atoms with Gasteiger partial charge < -0.3 is 4.52 Å². The average Bonchev–Trinajstić information content (AvgIpc) is 3.03. The molecule has 0 amide bonds. The number of hydrogen-bond acceptors (Lipinski definition) is 5. The van der Waals surface area contributed by atoms with Crippen molar-refractivity contribution in [1.82, 2.24) is 19.7 Å². The van der Waals surface area contributed by atoms with E-state index in [2.05, 4.69) is 28.8 Å². The molecule has 0 fully saturated rings. The lowest BCUT2D eigenvalue weighted by Gasteiger charge is -2.04. The van der Waals surface area contributed by atoms with Crippen LogP contribution < -0.4 is 4.72 Å². The van der Waals surface area contributed by atoms with E-state index in [0.29, 0.717) is 17.4 Å². The molecule has 0 aliphatic carbocycles. The lowest BCUT2D eigenvalue weighted by atomic mass is 10.1. The fourth-order valence-electron chi connectivity index (χ4n) is 2.19. The highest BCUT2D eigenvalue weighted by molar-refractivity contribution is 7.89. The molecule has 0 bridgehead atoms. The second-order valence-corrected chi connectivity index (χ2v) is 8.09. The van der Waals surface area contributed by atoms with Crippen LogP contribution in [0.1, 0.15) is 50.9 Å². The normalized spacial score (nSPS) is 12.5. The predicted octanol–water partition coefficient (Wildman–Crippen LogP) is 2.44. The molecule has 0 atom stereocenters. The first-order valence-corrected chi connectivity index (χ1v) is 9.17. The third kappa shape index (κ3) is 4.42. The number of rotatable bonds is 7. The van der Waals surface area contributed by atoms with E-state index in [1.54, 1.807) is 23.9 Å². The monoisotopic (exact) mass is 340 g/mol. The van der Waals surface area contributed by atoms with Crippen LogP contribution in [0.25, 0.3) is 0 Å². The van der Waals surface area contributed by atoms with Gasteiger partial charge in [-0.1, -0.05) is 19.0 Å². The summed E-state index contributed by atoms with van der Waals surface area (Å²) in [5, 5.41) is 8.18. The zero-order valence-electron chi connectivity index (χ0n) is 14.2. The van der Waals surface area contributed by atoms with Crippen LogP contribution in [0.2, 0.25) is 0 Å². The first-order chi connectivity index (χ1) is 10.7. The SMILES string of the molecule is Cc1nn(C(C)C)cc1S(=O)(=O)NCc1cc(CC(C)C)no1. The maximum atomic E-state index is 12.4. The minimum absolute atomic E-state index is 0.0692. The van der Waals surface area contributed by atoms with Crippen LogP contribution in [0, 0.1) is 12.8 Å². The molecule has 0 saturated carbocycles. The van der Waals surface area contributed by atoms with Crippen molar-refractivity contribution in [2.24, 2.45) is 5.92 Å². The zero-order valence-corrected chi connectivity index (χ0v) is 15.0. The van der Waals surface area contributed by atoms with E-state index in [9.17, 15) is 8.42 Å². The third-order valence-electron chi connectivity index (χ3n) is 3.35. The van der Waals surface area contributed by atoms with Gasteiger partial charge in [-0.2, -0.15) is 5.10 Å². The highest BCUT2D eigenvalue weighted by atomic mass is 32.2. The van der Waals surface area contributed by atoms with Crippen LogP contribution in [-0.4, -0.2) is 23.4 Å². The molecule has 0 spiro atoms. The summed E-state index contributed by atoms with van der Waals surface area (Å²) < 4.78 is 34.2. The van der Waals surface area contributed by atoms with Crippen LogP contribution in [0.5, 0.6) is 0 Å². The molecule has 1 N–H and O–H groups in total. The van der Waals surface area contributed by atoms with E-state index in [0.717, 1.165) is 12.1 Å². The Balaban J connectivity index is 2.08. The van der Waals surface area contributed by atoms with Gasteiger partial charge in [-0.3, -0.25) is 4.68 Å². The Labute approximate surface area is 137 Å². The van der Waals surface area contributed by atoms with Crippen molar-refractivity contribution >= 4 is 10.0 Å². The number of nitrogens with zero attached hydrogens (tertiary/aromatic N) is 3. The Bertz CT molecular complexity index is 760. The summed E-state index contributed by atoms with van der Waals surface area (Å²) in [6.07, 6.45) is 2.35. The summed E-state index contributed by atoms with van der Waals surface area (Å²) in [7, 11) is -3.64. The number of nitrogens with one attached hydrogen (secondary N) is 1. The van der Waals surface area contributed by atoms with Gasteiger partial charge in [0.15, 0.2) is 5.76 Å². The Morgan fingerprint density at radius 1 is 1.30 bits per heavy atom. The molecule has 0 aromatic carbocycles. The van der Waals surface area contributed by atoms with Crippen molar-refractivity contribution in [3.8, 4) is 0 Å². The number of sulfonamides is 1. The quantitative estimate of drug-likeness (QED) is 0.836. The summed E-state index contributed by atoms with van der Waals surface area (Å²) in [6, 6.07) is 1.89. The summed E-state index contributed by atoms with van der Waals surface area (Å²) >= 11 is 0. The molecule has 0 saturated heterocycles. The Kier molecular flexibility index (Phi) is 5.26. The van der Waals surface area contributed by atoms with Gasteiger partial charge in [0, 0.05) is 18.3 Å². The third-order valence-corrected chi connectivity index (χ3v) is 4.86. The highest BCUT2D eigenvalue weighted by Crippen LogP contribution is 2.17. The van der Waals surface area contributed by atoms with Gasteiger partial charge in [0.1, 0.15) is 4.90 Å². The van der Waals surface area contributed by atoms with E-state index in [4.69, 9.17) is 4.52 Å². The predicted molar refractivity (Wildman–Crippen MR) is 86.4 cm³/mol. The zero-order chi connectivity index (χ0) is 17.2. The van der Waals surface area contributed by atoms with Crippen LogP contribution in [-0.2, 0) is 23.0 Å². The van der Waals surface area contributed by atoms with Gasteiger partial charge in [-0.05, 0) is 33.1 Å². The van der Waals surface area contributed by atoms with Crippen molar-refractivity contribution < 1.29 is 12.9 Å². The van der Waals surface area contributed by atoms with Crippen molar-refractivity contribution in [2.45, 2.75) is 58.5 Å². The Morgan fingerprint density at radius 3 is 2.57 bits per heavy atom. The van der Waals surface area contributed by atoms with Crippen LogP contribution in [0.3, 0.4) is 0 Å². The molecule has 2 rings (SSSR count). The molecule has 0 radical (unpaired) electrons. The van der Waals surface area contributed by atoms with Crippen LogP contribution in [0.4, 0.5) is 0 Å². The average molecular weight is 340 g/mol. The van der Waals surface area contributed by atoms with E-state index in [-0.39, 0.29) is 17.5 Å². The smallest absolute Gasteiger partial charge is 0.244 e. The number of aryl methyl sites for hydroxylation is 1. The molecule has 0 aliphatic heterocycles. The molecule has 2 aromatic heterocycles. The maximum absolute atomic E-state index is 12.4. The first-order valence-electron chi connectivity index (χ1n) is 7.69. The van der Waals surface area contributed by atoms with Crippen molar-refractivity contribution in [3.05, 3.63) is 29.4 Å². The van der Waals surface area contributed by atoms with Crippen molar-refractivity contribution in [3.63, 3.8) is 0 Å². The Hall–Kier alpha value is -1.67. The molecule has 2 aromatic rings. The maximum Gasteiger partial charge on any atom is 0.244 e. The van der Waals surface area contributed by atoms with Gasteiger partial charge in [0.05, 0.1) is 17.9 Å². The summed E-state index contributed by atoms with van der Waals surface area (Å²) in [6.45, 7) is 9.82. The van der Waals surface area contributed by atoms with Gasteiger partial charge in [0.2, 0.25) is 10.0 Å². The molecule has 7 nitrogen and oxygen atoms in total. The van der Waals surface area contributed by atoms with Crippen LogP contribution in [0.15, 0.2) is 21.7 Å². The first kappa shape index (κ1) is 17.7. The lowest BCUT2D eigenvalue weighted by molar-refractivity contribution is 0.372. The fourth-order valence-corrected chi connectivity index (χ4v) is 3.36.